The van der Waals surface area contributed by atoms with E-state index in [4.69, 9.17) is 4.74 Å². The van der Waals surface area contributed by atoms with Crippen LogP contribution < -0.4 is 4.74 Å². The number of ether oxygens (including phenoxy) is 1. The molecule has 0 aliphatic rings. The molecule has 2 aromatic rings. The average Bonchev–Trinajstić information content (AvgIpc) is 2.38. The standard InChI is InChI=1S/C13H13BrN2OS/c1-3-12-15-11(14)8-13(16-12)18-10-7-5-4-6-9(10)17-2/h4-8H,3H2,1-2H3. The maximum Gasteiger partial charge on any atom is 0.132 e. The summed E-state index contributed by atoms with van der Waals surface area (Å²) in [6.45, 7) is 2.04. The number of benzene rings is 1. The molecular weight excluding hydrogens is 312 g/mol. The molecule has 94 valence electrons. The van der Waals surface area contributed by atoms with Crippen molar-refractivity contribution in [3.63, 3.8) is 0 Å². The van der Waals surface area contributed by atoms with Gasteiger partial charge in [-0.3, -0.25) is 0 Å². The molecule has 0 amide bonds. The molecule has 0 bridgehead atoms. The summed E-state index contributed by atoms with van der Waals surface area (Å²) >= 11 is 4.98. The molecule has 3 nitrogen and oxygen atoms in total. The molecule has 0 aliphatic heterocycles. The van der Waals surface area contributed by atoms with Crippen LogP contribution in [0.15, 0.2) is 44.9 Å². The number of aryl methyl sites for hydroxylation is 1. The number of hydrogen-bond acceptors (Lipinski definition) is 4. The van der Waals surface area contributed by atoms with Gasteiger partial charge in [-0.1, -0.05) is 30.8 Å². The first-order valence-electron chi connectivity index (χ1n) is 5.57. The molecule has 0 saturated heterocycles. The second-order valence-corrected chi connectivity index (χ2v) is 5.43. The first-order chi connectivity index (χ1) is 8.72. The van der Waals surface area contributed by atoms with Gasteiger partial charge in [0.2, 0.25) is 0 Å². The molecular formula is C13H13BrN2OS. The summed E-state index contributed by atoms with van der Waals surface area (Å²) in [7, 11) is 1.67. The molecule has 0 spiro atoms. The summed E-state index contributed by atoms with van der Waals surface area (Å²) in [5.74, 6) is 1.69. The smallest absolute Gasteiger partial charge is 0.132 e. The summed E-state index contributed by atoms with van der Waals surface area (Å²) < 4.78 is 6.14. The molecule has 0 radical (unpaired) electrons. The van der Waals surface area contributed by atoms with E-state index in [9.17, 15) is 0 Å². The number of methoxy groups -OCH3 is 1. The van der Waals surface area contributed by atoms with Crippen molar-refractivity contribution in [2.24, 2.45) is 0 Å². The van der Waals surface area contributed by atoms with Crippen LogP contribution in [0.3, 0.4) is 0 Å². The highest BCUT2D eigenvalue weighted by atomic mass is 79.9. The Hall–Kier alpha value is -1.07. The zero-order chi connectivity index (χ0) is 13.0. The predicted molar refractivity (Wildman–Crippen MR) is 76.2 cm³/mol. The number of hydrogen-bond donors (Lipinski definition) is 0. The quantitative estimate of drug-likeness (QED) is 0.797. The highest BCUT2D eigenvalue weighted by Crippen LogP contribution is 2.34. The van der Waals surface area contributed by atoms with Gasteiger partial charge in [-0.05, 0) is 28.1 Å². The zero-order valence-corrected chi connectivity index (χ0v) is 12.6. The van der Waals surface area contributed by atoms with Gasteiger partial charge in [-0.15, -0.1) is 0 Å². The van der Waals surface area contributed by atoms with Gasteiger partial charge in [0.05, 0.1) is 12.0 Å². The van der Waals surface area contributed by atoms with E-state index >= 15 is 0 Å². The van der Waals surface area contributed by atoms with Crippen LogP contribution in [-0.4, -0.2) is 17.1 Å². The van der Waals surface area contributed by atoms with Crippen molar-refractivity contribution in [2.45, 2.75) is 23.3 Å². The van der Waals surface area contributed by atoms with Crippen molar-refractivity contribution in [2.75, 3.05) is 7.11 Å². The second-order valence-electron chi connectivity index (χ2n) is 3.55. The molecule has 0 atom stereocenters. The third-order valence-electron chi connectivity index (χ3n) is 2.32. The molecule has 2 rings (SSSR count). The Morgan fingerprint density at radius 2 is 2.06 bits per heavy atom. The van der Waals surface area contributed by atoms with Gasteiger partial charge in [-0.2, -0.15) is 0 Å². The summed E-state index contributed by atoms with van der Waals surface area (Å²) in [6.07, 6.45) is 0.818. The third kappa shape index (κ3) is 3.23. The Bertz CT molecular complexity index is 548. The molecule has 0 N–H and O–H groups in total. The van der Waals surface area contributed by atoms with Gasteiger partial charge in [-0.25, -0.2) is 9.97 Å². The van der Waals surface area contributed by atoms with E-state index in [0.717, 1.165) is 32.5 Å². The Morgan fingerprint density at radius 3 is 2.78 bits per heavy atom. The zero-order valence-electron chi connectivity index (χ0n) is 10.2. The van der Waals surface area contributed by atoms with Crippen molar-refractivity contribution in [1.82, 2.24) is 9.97 Å². The second kappa shape index (κ2) is 6.20. The first-order valence-corrected chi connectivity index (χ1v) is 7.18. The van der Waals surface area contributed by atoms with E-state index in [0.29, 0.717) is 0 Å². The normalized spacial score (nSPS) is 10.4. The van der Waals surface area contributed by atoms with Gasteiger partial charge in [0.25, 0.3) is 0 Å². The average molecular weight is 325 g/mol. The van der Waals surface area contributed by atoms with E-state index in [1.54, 1.807) is 18.9 Å². The minimum Gasteiger partial charge on any atom is -0.496 e. The third-order valence-corrected chi connectivity index (χ3v) is 3.70. The monoisotopic (exact) mass is 324 g/mol. The minimum absolute atomic E-state index is 0.812. The Labute approximate surface area is 119 Å². The SMILES string of the molecule is CCc1nc(Br)cc(Sc2ccccc2OC)n1. The maximum absolute atomic E-state index is 5.33. The Kier molecular flexibility index (Phi) is 4.60. The van der Waals surface area contributed by atoms with Crippen LogP contribution in [-0.2, 0) is 6.42 Å². The fourth-order valence-corrected chi connectivity index (χ4v) is 2.99. The molecule has 18 heavy (non-hydrogen) atoms. The van der Waals surface area contributed by atoms with Crippen molar-refractivity contribution >= 4 is 27.7 Å². The number of rotatable bonds is 4. The number of nitrogens with zero attached hydrogens (tertiary/aromatic N) is 2. The largest absolute Gasteiger partial charge is 0.496 e. The van der Waals surface area contributed by atoms with Gasteiger partial charge in [0, 0.05) is 12.5 Å². The van der Waals surface area contributed by atoms with E-state index < -0.39 is 0 Å². The van der Waals surface area contributed by atoms with Crippen LogP contribution in [0.25, 0.3) is 0 Å². The number of halogens is 1. The molecule has 0 unspecified atom stereocenters. The highest BCUT2D eigenvalue weighted by molar-refractivity contribution is 9.10. The van der Waals surface area contributed by atoms with Crippen molar-refractivity contribution in [3.8, 4) is 5.75 Å². The first kappa shape index (κ1) is 13.4. The van der Waals surface area contributed by atoms with Crippen molar-refractivity contribution in [1.29, 1.82) is 0 Å². The van der Waals surface area contributed by atoms with Crippen LogP contribution >= 0.6 is 27.7 Å². The van der Waals surface area contributed by atoms with E-state index in [1.165, 1.54) is 0 Å². The van der Waals surface area contributed by atoms with Gasteiger partial charge >= 0.3 is 0 Å². The van der Waals surface area contributed by atoms with Crippen LogP contribution in [0.1, 0.15) is 12.7 Å². The molecule has 0 saturated carbocycles. The lowest BCUT2D eigenvalue weighted by Gasteiger charge is -2.08. The van der Waals surface area contributed by atoms with E-state index in [-0.39, 0.29) is 0 Å². The fraction of sp³-hybridized carbons (Fsp3) is 0.231. The number of aromatic nitrogens is 2. The summed E-state index contributed by atoms with van der Waals surface area (Å²) in [4.78, 5) is 9.84. The topological polar surface area (TPSA) is 35.0 Å². The van der Waals surface area contributed by atoms with E-state index in [1.807, 2.05) is 37.3 Å². The van der Waals surface area contributed by atoms with Crippen LogP contribution in [0.2, 0.25) is 0 Å². The molecule has 1 aromatic carbocycles. The van der Waals surface area contributed by atoms with E-state index in [2.05, 4.69) is 25.9 Å². The lowest BCUT2D eigenvalue weighted by atomic mass is 10.3. The summed E-state index contributed by atoms with van der Waals surface area (Å²) in [6, 6.07) is 9.82. The molecule has 5 heteroatoms. The summed E-state index contributed by atoms with van der Waals surface area (Å²) in [5, 5.41) is 0.915. The lowest BCUT2D eigenvalue weighted by molar-refractivity contribution is 0.405. The Morgan fingerprint density at radius 1 is 1.28 bits per heavy atom. The minimum atomic E-state index is 0.812. The fourth-order valence-electron chi connectivity index (χ4n) is 1.47. The van der Waals surface area contributed by atoms with Crippen LogP contribution in [0, 0.1) is 0 Å². The van der Waals surface area contributed by atoms with Crippen LogP contribution in [0.4, 0.5) is 0 Å². The van der Waals surface area contributed by atoms with Crippen molar-refractivity contribution < 1.29 is 4.74 Å². The molecule has 1 aromatic heterocycles. The Balaban J connectivity index is 2.30. The van der Waals surface area contributed by atoms with Gasteiger partial charge < -0.3 is 4.74 Å². The summed E-state index contributed by atoms with van der Waals surface area (Å²) in [5.41, 5.74) is 0. The predicted octanol–water partition coefficient (Wildman–Crippen LogP) is 3.96. The molecule has 0 fully saturated rings. The molecule has 1 heterocycles. The van der Waals surface area contributed by atoms with Crippen molar-refractivity contribution in [3.05, 3.63) is 40.8 Å². The molecule has 0 aliphatic carbocycles. The number of para-hydroxylation sites is 1. The van der Waals surface area contributed by atoms with Gasteiger partial charge in [0.1, 0.15) is 21.2 Å². The highest BCUT2D eigenvalue weighted by Gasteiger charge is 2.07. The van der Waals surface area contributed by atoms with Gasteiger partial charge in [0.15, 0.2) is 0 Å². The maximum atomic E-state index is 5.33. The van der Waals surface area contributed by atoms with Crippen LogP contribution in [0.5, 0.6) is 5.75 Å². The lowest BCUT2D eigenvalue weighted by Crippen LogP contribution is -1.95.